The van der Waals surface area contributed by atoms with Gasteiger partial charge in [0.2, 0.25) is 0 Å². The second kappa shape index (κ2) is 8.03. The number of phenolic OH excluding ortho intramolecular Hbond substituents is 1. The van der Waals surface area contributed by atoms with E-state index in [4.69, 9.17) is 0 Å². The fraction of sp³-hybridized carbons (Fsp3) is 0.263. The lowest BCUT2D eigenvalue weighted by atomic mass is 10.1. The Morgan fingerprint density at radius 3 is 2.19 bits per heavy atom. The Hall–Kier alpha value is -3.16. The Morgan fingerprint density at radius 1 is 0.926 bits per heavy atom. The smallest absolute Gasteiger partial charge is 0.387 e. The number of para-hydroxylation sites is 1. The van der Waals surface area contributed by atoms with Crippen LogP contribution in [0, 0.1) is 0 Å². The van der Waals surface area contributed by atoms with Crippen molar-refractivity contribution < 1.29 is 28.2 Å². The van der Waals surface area contributed by atoms with E-state index in [9.17, 15) is 23.5 Å². The predicted molar refractivity (Wildman–Crippen MR) is 93.0 cm³/mol. The van der Waals surface area contributed by atoms with E-state index in [1.807, 2.05) is 0 Å². The minimum Gasteiger partial charge on any atom is -0.507 e. The number of nitrogens with zero attached hydrogens (tertiary/aromatic N) is 2. The SMILES string of the molecule is O=C(c1cccc(OC(F)F)c1)N1CCN(C(=O)c2ccccc2O)CC1. The first-order chi connectivity index (χ1) is 13.0. The molecule has 1 aliphatic heterocycles. The number of piperazine rings is 1. The summed E-state index contributed by atoms with van der Waals surface area (Å²) in [7, 11) is 0. The van der Waals surface area contributed by atoms with Crippen LogP contribution in [0.4, 0.5) is 8.78 Å². The van der Waals surface area contributed by atoms with E-state index >= 15 is 0 Å². The summed E-state index contributed by atoms with van der Waals surface area (Å²) in [5.74, 6) is -0.780. The quantitative estimate of drug-likeness (QED) is 0.891. The first-order valence-electron chi connectivity index (χ1n) is 8.37. The minimum atomic E-state index is -2.96. The number of hydrogen-bond acceptors (Lipinski definition) is 4. The van der Waals surface area contributed by atoms with Gasteiger partial charge in [-0.15, -0.1) is 0 Å². The van der Waals surface area contributed by atoms with Crippen molar-refractivity contribution in [3.8, 4) is 11.5 Å². The van der Waals surface area contributed by atoms with Gasteiger partial charge in [-0.3, -0.25) is 9.59 Å². The number of amides is 2. The highest BCUT2D eigenvalue weighted by atomic mass is 19.3. The van der Waals surface area contributed by atoms with Gasteiger partial charge in [-0.25, -0.2) is 0 Å². The van der Waals surface area contributed by atoms with Crippen molar-refractivity contribution >= 4 is 11.8 Å². The Bertz CT molecular complexity index is 836. The molecule has 2 aromatic carbocycles. The number of phenols is 1. The summed E-state index contributed by atoms with van der Waals surface area (Å²) in [6.45, 7) is -1.73. The topological polar surface area (TPSA) is 70.1 Å². The highest BCUT2D eigenvalue weighted by molar-refractivity contribution is 5.97. The van der Waals surface area contributed by atoms with E-state index in [-0.39, 0.29) is 34.4 Å². The van der Waals surface area contributed by atoms with Gasteiger partial charge in [0.05, 0.1) is 5.56 Å². The fourth-order valence-corrected chi connectivity index (χ4v) is 2.93. The number of rotatable bonds is 4. The summed E-state index contributed by atoms with van der Waals surface area (Å²) in [5.41, 5.74) is 0.461. The maximum Gasteiger partial charge on any atom is 0.387 e. The normalized spacial score (nSPS) is 14.3. The van der Waals surface area contributed by atoms with E-state index in [0.717, 1.165) is 0 Å². The van der Waals surface area contributed by atoms with Crippen LogP contribution in [-0.2, 0) is 0 Å². The number of alkyl halides is 2. The molecule has 1 saturated heterocycles. The lowest BCUT2D eigenvalue weighted by Gasteiger charge is -2.35. The number of carbonyl (C=O) groups is 2. The second-order valence-corrected chi connectivity index (χ2v) is 6.01. The van der Waals surface area contributed by atoms with Crippen LogP contribution >= 0.6 is 0 Å². The zero-order chi connectivity index (χ0) is 19.4. The second-order valence-electron chi connectivity index (χ2n) is 6.01. The molecular weight excluding hydrogens is 358 g/mol. The third-order valence-electron chi connectivity index (χ3n) is 4.29. The molecule has 0 unspecified atom stereocenters. The first kappa shape index (κ1) is 18.6. The van der Waals surface area contributed by atoms with Crippen molar-refractivity contribution in [3.05, 3.63) is 59.7 Å². The Kier molecular flexibility index (Phi) is 5.54. The number of benzene rings is 2. The number of aromatic hydroxyl groups is 1. The molecule has 0 aromatic heterocycles. The van der Waals surface area contributed by atoms with Crippen molar-refractivity contribution in [2.24, 2.45) is 0 Å². The van der Waals surface area contributed by atoms with Gasteiger partial charge >= 0.3 is 6.61 Å². The maximum absolute atomic E-state index is 12.6. The molecule has 1 heterocycles. The largest absolute Gasteiger partial charge is 0.507 e. The molecule has 8 heteroatoms. The van der Waals surface area contributed by atoms with Crippen LogP contribution in [0.2, 0.25) is 0 Å². The molecule has 142 valence electrons. The van der Waals surface area contributed by atoms with Gasteiger partial charge in [0.15, 0.2) is 0 Å². The van der Waals surface area contributed by atoms with Crippen LogP contribution in [0.3, 0.4) is 0 Å². The van der Waals surface area contributed by atoms with Crippen LogP contribution in [-0.4, -0.2) is 59.5 Å². The van der Waals surface area contributed by atoms with Crippen LogP contribution in [0.1, 0.15) is 20.7 Å². The van der Waals surface area contributed by atoms with Gasteiger partial charge in [0.25, 0.3) is 11.8 Å². The van der Waals surface area contributed by atoms with Crippen molar-refractivity contribution in [1.29, 1.82) is 0 Å². The van der Waals surface area contributed by atoms with E-state index in [1.165, 1.54) is 30.3 Å². The zero-order valence-corrected chi connectivity index (χ0v) is 14.3. The summed E-state index contributed by atoms with van der Waals surface area (Å²) in [6, 6.07) is 11.9. The Morgan fingerprint density at radius 2 is 1.56 bits per heavy atom. The van der Waals surface area contributed by atoms with E-state index in [1.54, 1.807) is 28.0 Å². The molecule has 0 bridgehead atoms. The number of halogens is 2. The summed E-state index contributed by atoms with van der Waals surface area (Å²) >= 11 is 0. The van der Waals surface area contributed by atoms with Crippen LogP contribution in [0.25, 0.3) is 0 Å². The molecule has 27 heavy (non-hydrogen) atoms. The summed E-state index contributed by atoms with van der Waals surface area (Å²) < 4.78 is 29.0. The van der Waals surface area contributed by atoms with Crippen LogP contribution in [0.15, 0.2) is 48.5 Å². The van der Waals surface area contributed by atoms with Gasteiger partial charge in [-0.2, -0.15) is 8.78 Å². The Balaban J connectivity index is 1.63. The lowest BCUT2D eigenvalue weighted by molar-refractivity contribution is -0.0499. The molecule has 0 spiro atoms. The third-order valence-corrected chi connectivity index (χ3v) is 4.29. The van der Waals surface area contributed by atoms with Gasteiger partial charge < -0.3 is 19.6 Å². The number of ether oxygens (including phenoxy) is 1. The molecule has 0 atom stereocenters. The monoisotopic (exact) mass is 376 g/mol. The average Bonchev–Trinajstić information content (AvgIpc) is 2.67. The lowest BCUT2D eigenvalue weighted by Crippen LogP contribution is -2.50. The predicted octanol–water partition coefficient (Wildman–Crippen LogP) is 2.59. The summed E-state index contributed by atoms with van der Waals surface area (Å²) in [4.78, 5) is 28.2. The molecule has 0 saturated carbocycles. The van der Waals surface area contributed by atoms with Gasteiger partial charge in [0, 0.05) is 31.7 Å². The molecule has 0 aliphatic carbocycles. The highest BCUT2D eigenvalue weighted by Crippen LogP contribution is 2.20. The van der Waals surface area contributed by atoms with Crippen molar-refractivity contribution in [2.75, 3.05) is 26.2 Å². The average molecular weight is 376 g/mol. The molecule has 3 rings (SSSR count). The molecule has 1 N–H and O–H groups in total. The highest BCUT2D eigenvalue weighted by Gasteiger charge is 2.26. The Labute approximate surface area is 154 Å². The zero-order valence-electron chi connectivity index (χ0n) is 14.3. The molecule has 6 nitrogen and oxygen atoms in total. The molecule has 1 fully saturated rings. The molecule has 1 aliphatic rings. The van der Waals surface area contributed by atoms with Crippen molar-refractivity contribution in [2.45, 2.75) is 6.61 Å². The molecule has 0 radical (unpaired) electrons. The molecule has 2 aromatic rings. The van der Waals surface area contributed by atoms with Crippen molar-refractivity contribution in [3.63, 3.8) is 0 Å². The third kappa shape index (κ3) is 4.33. The number of hydrogen-bond donors (Lipinski definition) is 1. The van der Waals surface area contributed by atoms with E-state index < -0.39 is 6.61 Å². The summed E-state index contributed by atoms with van der Waals surface area (Å²) in [5, 5.41) is 9.81. The molecule has 2 amide bonds. The van der Waals surface area contributed by atoms with Gasteiger partial charge in [-0.1, -0.05) is 18.2 Å². The van der Waals surface area contributed by atoms with Gasteiger partial charge in [-0.05, 0) is 30.3 Å². The standard InChI is InChI=1S/C19H18F2N2O4/c20-19(21)27-14-5-3-4-13(12-14)17(25)22-8-10-23(11-9-22)18(26)15-6-1-2-7-16(15)24/h1-7,12,19,24H,8-11H2. The minimum absolute atomic E-state index is 0.0794. The number of carbonyl (C=O) groups excluding carboxylic acids is 2. The van der Waals surface area contributed by atoms with E-state index in [2.05, 4.69) is 4.74 Å². The first-order valence-corrected chi connectivity index (χ1v) is 8.37. The fourth-order valence-electron chi connectivity index (χ4n) is 2.93. The molecular formula is C19H18F2N2O4. The maximum atomic E-state index is 12.6. The summed E-state index contributed by atoms with van der Waals surface area (Å²) in [6.07, 6.45) is 0. The van der Waals surface area contributed by atoms with Gasteiger partial charge in [0.1, 0.15) is 11.5 Å². The van der Waals surface area contributed by atoms with Crippen LogP contribution < -0.4 is 4.74 Å². The van der Waals surface area contributed by atoms with E-state index in [0.29, 0.717) is 26.2 Å². The van der Waals surface area contributed by atoms with Crippen LogP contribution in [0.5, 0.6) is 11.5 Å². The van der Waals surface area contributed by atoms with Crippen molar-refractivity contribution in [1.82, 2.24) is 9.80 Å².